The Balaban J connectivity index is 1.30. The van der Waals surface area contributed by atoms with E-state index in [-0.39, 0.29) is 25.3 Å². The van der Waals surface area contributed by atoms with Gasteiger partial charge in [-0.25, -0.2) is 0 Å². The van der Waals surface area contributed by atoms with Gasteiger partial charge in [0.25, 0.3) is 11.8 Å². The zero-order chi connectivity index (χ0) is 19.5. The fourth-order valence-corrected chi connectivity index (χ4v) is 2.74. The first kappa shape index (κ1) is 17.8. The van der Waals surface area contributed by atoms with E-state index in [0.717, 1.165) is 12.8 Å². The molecule has 0 radical (unpaired) electrons. The molecule has 1 heterocycles. The Kier molecular flexibility index (Phi) is 4.84. The van der Waals surface area contributed by atoms with Gasteiger partial charge in [0, 0.05) is 22.9 Å². The summed E-state index contributed by atoms with van der Waals surface area (Å²) in [5, 5.41) is 8.13. The minimum Gasteiger partial charge on any atom is -0.454 e. The maximum atomic E-state index is 12.2. The Morgan fingerprint density at radius 1 is 0.929 bits per heavy atom. The van der Waals surface area contributed by atoms with Crippen LogP contribution in [0, 0.1) is 0 Å². The average Bonchev–Trinajstić information content (AvgIpc) is 3.38. The van der Waals surface area contributed by atoms with Gasteiger partial charge in [-0.3, -0.25) is 14.4 Å². The van der Waals surface area contributed by atoms with Gasteiger partial charge in [0.1, 0.15) is 0 Å². The summed E-state index contributed by atoms with van der Waals surface area (Å²) in [6.07, 6.45) is 2.01. The molecular weight excluding hydrogens is 362 g/mol. The van der Waals surface area contributed by atoms with Gasteiger partial charge in [0.05, 0.1) is 6.54 Å². The summed E-state index contributed by atoms with van der Waals surface area (Å²) in [6.45, 7) is -0.0771. The Bertz CT molecular complexity index is 939. The third-order valence-corrected chi connectivity index (χ3v) is 4.37. The van der Waals surface area contributed by atoms with E-state index in [1.54, 1.807) is 42.5 Å². The second-order valence-electron chi connectivity index (χ2n) is 6.63. The van der Waals surface area contributed by atoms with Crippen LogP contribution in [-0.4, -0.2) is 37.1 Å². The predicted octanol–water partition coefficient (Wildman–Crippen LogP) is 1.68. The van der Waals surface area contributed by atoms with Gasteiger partial charge in [-0.15, -0.1) is 0 Å². The van der Waals surface area contributed by atoms with Gasteiger partial charge in [0.2, 0.25) is 12.7 Å². The van der Waals surface area contributed by atoms with Crippen LogP contribution in [0.2, 0.25) is 0 Å². The zero-order valence-electron chi connectivity index (χ0n) is 15.0. The van der Waals surface area contributed by atoms with Crippen molar-refractivity contribution < 1.29 is 23.9 Å². The number of carbonyl (C=O) groups is 3. The number of hydrogen-bond donors (Lipinski definition) is 3. The van der Waals surface area contributed by atoms with E-state index in [0.29, 0.717) is 28.3 Å². The summed E-state index contributed by atoms with van der Waals surface area (Å²) in [5.41, 5.74) is 1.34. The largest absolute Gasteiger partial charge is 0.454 e. The van der Waals surface area contributed by atoms with Crippen molar-refractivity contribution in [1.29, 1.82) is 0 Å². The van der Waals surface area contributed by atoms with E-state index in [4.69, 9.17) is 9.47 Å². The van der Waals surface area contributed by atoms with Gasteiger partial charge in [-0.1, -0.05) is 6.07 Å². The van der Waals surface area contributed by atoms with E-state index in [9.17, 15) is 14.4 Å². The van der Waals surface area contributed by atoms with E-state index in [2.05, 4.69) is 16.0 Å². The molecule has 3 amide bonds. The molecular formula is C20H19N3O5. The van der Waals surface area contributed by atoms with Crippen molar-refractivity contribution in [3.63, 3.8) is 0 Å². The third-order valence-electron chi connectivity index (χ3n) is 4.37. The van der Waals surface area contributed by atoms with Crippen LogP contribution in [0.15, 0.2) is 42.5 Å². The van der Waals surface area contributed by atoms with Crippen molar-refractivity contribution >= 4 is 23.4 Å². The average molecular weight is 381 g/mol. The number of anilines is 1. The second-order valence-corrected chi connectivity index (χ2v) is 6.63. The maximum Gasteiger partial charge on any atom is 0.251 e. The molecule has 1 aliphatic heterocycles. The first-order valence-corrected chi connectivity index (χ1v) is 8.97. The highest BCUT2D eigenvalue weighted by Gasteiger charge is 2.24. The molecule has 1 aliphatic carbocycles. The van der Waals surface area contributed by atoms with Crippen LogP contribution >= 0.6 is 0 Å². The molecule has 0 saturated heterocycles. The minimum absolute atomic E-state index is 0.126. The maximum absolute atomic E-state index is 12.2. The van der Waals surface area contributed by atoms with Crippen molar-refractivity contribution in [3.05, 3.63) is 53.6 Å². The lowest BCUT2D eigenvalue weighted by atomic mass is 10.2. The lowest BCUT2D eigenvalue weighted by molar-refractivity contribution is -0.115. The number of fused-ring (bicyclic) bond motifs is 1. The highest BCUT2D eigenvalue weighted by atomic mass is 16.7. The Morgan fingerprint density at radius 3 is 2.54 bits per heavy atom. The summed E-state index contributed by atoms with van der Waals surface area (Å²) >= 11 is 0. The molecule has 2 aliphatic rings. The Morgan fingerprint density at radius 2 is 1.71 bits per heavy atom. The van der Waals surface area contributed by atoms with Crippen molar-refractivity contribution in [2.24, 2.45) is 0 Å². The number of rotatable bonds is 6. The molecule has 2 aromatic rings. The van der Waals surface area contributed by atoms with Crippen LogP contribution in [0.4, 0.5) is 5.69 Å². The molecule has 0 aromatic heterocycles. The molecule has 0 atom stereocenters. The van der Waals surface area contributed by atoms with Gasteiger partial charge < -0.3 is 25.4 Å². The summed E-state index contributed by atoms with van der Waals surface area (Å²) < 4.78 is 10.4. The second kappa shape index (κ2) is 7.59. The van der Waals surface area contributed by atoms with Gasteiger partial charge >= 0.3 is 0 Å². The van der Waals surface area contributed by atoms with Crippen molar-refractivity contribution in [2.75, 3.05) is 18.7 Å². The SMILES string of the molecule is O=C(CNC(=O)c1ccc2c(c1)OCO2)Nc1cccc(C(=O)NC2CC2)c1. The van der Waals surface area contributed by atoms with E-state index < -0.39 is 11.8 Å². The van der Waals surface area contributed by atoms with Crippen LogP contribution in [0.1, 0.15) is 33.6 Å². The Labute approximate surface area is 161 Å². The van der Waals surface area contributed by atoms with Crippen LogP contribution < -0.4 is 25.4 Å². The lowest BCUT2D eigenvalue weighted by Gasteiger charge is -2.09. The molecule has 28 heavy (non-hydrogen) atoms. The normalized spacial score (nSPS) is 14.3. The van der Waals surface area contributed by atoms with Crippen molar-refractivity contribution in [1.82, 2.24) is 10.6 Å². The third kappa shape index (κ3) is 4.22. The monoisotopic (exact) mass is 381 g/mol. The molecule has 0 unspecified atom stereocenters. The van der Waals surface area contributed by atoms with E-state index >= 15 is 0 Å². The predicted molar refractivity (Wildman–Crippen MR) is 100 cm³/mol. The standard InChI is InChI=1S/C20H19N3O5/c24-18(10-21-19(25)13-4-7-16-17(9-13)28-11-27-16)22-15-3-1-2-12(8-15)20(26)23-14-5-6-14/h1-4,7-9,14H,5-6,10-11H2,(H,21,25)(H,22,24)(H,23,26). The van der Waals surface area contributed by atoms with Crippen LogP contribution in [-0.2, 0) is 4.79 Å². The quantitative estimate of drug-likeness (QED) is 0.706. The van der Waals surface area contributed by atoms with Crippen LogP contribution in [0.25, 0.3) is 0 Å². The molecule has 8 heteroatoms. The van der Waals surface area contributed by atoms with Crippen LogP contribution in [0.5, 0.6) is 11.5 Å². The Hall–Kier alpha value is -3.55. The van der Waals surface area contributed by atoms with E-state index in [1.807, 2.05) is 0 Å². The summed E-state index contributed by atoms with van der Waals surface area (Å²) in [5.74, 6) is 0.132. The van der Waals surface area contributed by atoms with Gasteiger partial charge in [-0.2, -0.15) is 0 Å². The number of benzene rings is 2. The number of nitrogens with one attached hydrogen (secondary N) is 3. The van der Waals surface area contributed by atoms with Crippen molar-refractivity contribution in [3.8, 4) is 11.5 Å². The highest BCUT2D eigenvalue weighted by molar-refractivity contribution is 6.00. The molecule has 8 nitrogen and oxygen atoms in total. The first-order valence-electron chi connectivity index (χ1n) is 8.97. The molecule has 0 bridgehead atoms. The fraction of sp³-hybridized carbons (Fsp3) is 0.250. The minimum atomic E-state index is -0.397. The molecule has 1 saturated carbocycles. The summed E-state index contributed by atoms with van der Waals surface area (Å²) in [4.78, 5) is 36.4. The molecule has 4 rings (SSSR count). The summed E-state index contributed by atoms with van der Waals surface area (Å²) in [6, 6.07) is 11.8. The molecule has 1 fully saturated rings. The van der Waals surface area contributed by atoms with E-state index in [1.165, 1.54) is 0 Å². The zero-order valence-corrected chi connectivity index (χ0v) is 15.0. The van der Waals surface area contributed by atoms with Crippen molar-refractivity contribution in [2.45, 2.75) is 18.9 Å². The number of ether oxygens (including phenoxy) is 2. The molecule has 0 spiro atoms. The fourth-order valence-electron chi connectivity index (χ4n) is 2.74. The number of hydrogen-bond acceptors (Lipinski definition) is 5. The number of amides is 3. The molecule has 2 aromatic carbocycles. The lowest BCUT2D eigenvalue weighted by Crippen LogP contribution is -2.33. The van der Waals surface area contributed by atoms with Crippen LogP contribution in [0.3, 0.4) is 0 Å². The van der Waals surface area contributed by atoms with Gasteiger partial charge in [0.15, 0.2) is 11.5 Å². The van der Waals surface area contributed by atoms with Gasteiger partial charge in [-0.05, 0) is 49.2 Å². The number of carbonyl (C=O) groups excluding carboxylic acids is 3. The molecule has 144 valence electrons. The first-order chi connectivity index (χ1) is 13.6. The topological polar surface area (TPSA) is 106 Å². The summed E-state index contributed by atoms with van der Waals surface area (Å²) in [7, 11) is 0. The smallest absolute Gasteiger partial charge is 0.251 e. The molecule has 3 N–H and O–H groups in total. The highest BCUT2D eigenvalue weighted by Crippen LogP contribution is 2.32.